The van der Waals surface area contributed by atoms with Crippen molar-refractivity contribution >= 4 is 26.8 Å². The molecule has 1 aliphatic heterocycles. The molecule has 1 amide bonds. The zero-order valence-electron chi connectivity index (χ0n) is 14.0. The number of benzene rings is 2. The van der Waals surface area contributed by atoms with Crippen molar-refractivity contribution in [2.24, 2.45) is 0 Å². The average Bonchev–Trinajstić information content (AvgIpc) is 3.14. The molecule has 0 saturated carbocycles. The molecule has 26 heavy (non-hydrogen) atoms. The molecular formula is C19H18N2O4S. The van der Waals surface area contributed by atoms with E-state index in [1.165, 1.54) is 10.2 Å². The second-order valence-corrected chi connectivity index (χ2v) is 7.89. The van der Waals surface area contributed by atoms with Crippen molar-refractivity contribution in [1.29, 1.82) is 0 Å². The summed E-state index contributed by atoms with van der Waals surface area (Å²) in [6.07, 6.45) is 1.50. The van der Waals surface area contributed by atoms with Crippen LogP contribution in [0.25, 0.3) is 10.9 Å². The van der Waals surface area contributed by atoms with Crippen LogP contribution in [0.3, 0.4) is 0 Å². The van der Waals surface area contributed by atoms with Gasteiger partial charge in [-0.1, -0.05) is 24.3 Å². The summed E-state index contributed by atoms with van der Waals surface area (Å²) in [5.74, 6) is -0.103. The summed E-state index contributed by atoms with van der Waals surface area (Å²) in [6.45, 7) is 2.12. The van der Waals surface area contributed by atoms with Crippen molar-refractivity contribution in [3.8, 4) is 0 Å². The smallest absolute Gasteiger partial charge is 0.268 e. The minimum atomic E-state index is -3.72. The standard InChI is InChI=1S/C19H18N2O4S/c22-19(20-11-13-25-14-12-20)17-7-4-8-18-16(17)9-10-21(18)26(23,24)15-5-2-1-3-6-15/h1-10H,11-14H2. The molecule has 6 nitrogen and oxygen atoms in total. The van der Waals surface area contributed by atoms with Gasteiger partial charge in [-0.05, 0) is 30.3 Å². The summed E-state index contributed by atoms with van der Waals surface area (Å²) in [7, 11) is -3.72. The topological polar surface area (TPSA) is 68.6 Å². The molecule has 0 N–H and O–H groups in total. The van der Waals surface area contributed by atoms with E-state index in [-0.39, 0.29) is 10.8 Å². The maximum absolute atomic E-state index is 12.9. The predicted molar refractivity (Wildman–Crippen MR) is 97.7 cm³/mol. The molecule has 3 aromatic rings. The lowest BCUT2D eigenvalue weighted by Crippen LogP contribution is -2.40. The molecule has 0 atom stereocenters. The molecule has 1 aliphatic rings. The third-order valence-electron chi connectivity index (χ3n) is 4.53. The fourth-order valence-corrected chi connectivity index (χ4v) is 4.55. The number of hydrogen-bond acceptors (Lipinski definition) is 4. The zero-order chi connectivity index (χ0) is 18.1. The van der Waals surface area contributed by atoms with Crippen LogP contribution in [0.2, 0.25) is 0 Å². The number of fused-ring (bicyclic) bond motifs is 1. The zero-order valence-corrected chi connectivity index (χ0v) is 14.9. The van der Waals surface area contributed by atoms with Gasteiger partial charge in [0.05, 0.1) is 23.6 Å². The van der Waals surface area contributed by atoms with E-state index in [9.17, 15) is 13.2 Å². The van der Waals surface area contributed by atoms with Crippen molar-refractivity contribution in [2.75, 3.05) is 26.3 Å². The van der Waals surface area contributed by atoms with Crippen LogP contribution in [0.4, 0.5) is 0 Å². The first-order chi connectivity index (χ1) is 12.6. The van der Waals surface area contributed by atoms with Crippen molar-refractivity contribution in [1.82, 2.24) is 8.87 Å². The van der Waals surface area contributed by atoms with Gasteiger partial charge in [0.1, 0.15) is 0 Å². The fourth-order valence-electron chi connectivity index (χ4n) is 3.18. The fraction of sp³-hybridized carbons (Fsp3) is 0.211. The number of carbonyl (C=O) groups excluding carboxylic acids is 1. The summed E-state index contributed by atoms with van der Waals surface area (Å²) in [5.41, 5.74) is 0.999. The Hall–Kier alpha value is -2.64. The predicted octanol–water partition coefficient (Wildman–Crippen LogP) is 2.35. The van der Waals surface area contributed by atoms with Gasteiger partial charge in [-0.2, -0.15) is 0 Å². The van der Waals surface area contributed by atoms with E-state index < -0.39 is 10.0 Å². The van der Waals surface area contributed by atoms with Crippen LogP contribution in [0, 0.1) is 0 Å². The highest BCUT2D eigenvalue weighted by Gasteiger charge is 2.23. The summed E-state index contributed by atoms with van der Waals surface area (Å²) in [5, 5.41) is 0.628. The molecule has 0 radical (unpaired) electrons. The molecule has 0 spiro atoms. The number of morpholine rings is 1. The van der Waals surface area contributed by atoms with Crippen molar-refractivity contribution in [3.05, 3.63) is 66.4 Å². The first-order valence-corrected chi connectivity index (χ1v) is 9.81. The monoisotopic (exact) mass is 370 g/mol. The van der Waals surface area contributed by atoms with E-state index in [0.29, 0.717) is 42.8 Å². The second-order valence-electron chi connectivity index (χ2n) is 6.07. The third kappa shape index (κ3) is 2.79. The van der Waals surface area contributed by atoms with Crippen LogP contribution in [-0.4, -0.2) is 49.5 Å². The average molecular weight is 370 g/mol. The molecule has 1 aromatic heterocycles. The normalized spacial score (nSPS) is 15.3. The molecule has 1 saturated heterocycles. The SMILES string of the molecule is O=C(c1cccc2c1ccn2S(=O)(=O)c1ccccc1)N1CCOCC1. The van der Waals surface area contributed by atoms with Gasteiger partial charge in [0.25, 0.3) is 15.9 Å². The van der Waals surface area contributed by atoms with Crippen molar-refractivity contribution in [2.45, 2.75) is 4.90 Å². The molecule has 2 heterocycles. The highest BCUT2D eigenvalue weighted by molar-refractivity contribution is 7.90. The molecule has 0 bridgehead atoms. The number of ether oxygens (including phenoxy) is 1. The first-order valence-electron chi connectivity index (χ1n) is 8.37. The number of rotatable bonds is 3. The molecule has 134 valence electrons. The van der Waals surface area contributed by atoms with E-state index in [1.54, 1.807) is 59.5 Å². The van der Waals surface area contributed by atoms with Gasteiger partial charge in [0.2, 0.25) is 0 Å². The van der Waals surface area contributed by atoms with E-state index in [2.05, 4.69) is 0 Å². The summed E-state index contributed by atoms with van der Waals surface area (Å²) in [4.78, 5) is 14.8. The van der Waals surface area contributed by atoms with Gasteiger partial charge in [-0.3, -0.25) is 4.79 Å². The summed E-state index contributed by atoms with van der Waals surface area (Å²) < 4.78 is 32.4. The van der Waals surface area contributed by atoms with Crippen LogP contribution in [-0.2, 0) is 14.8 Å². The van der Waals surface area contributed by atoms with Gasteiger partial charge in [0, 0.05) is 30.2 Å². The van der Waals surface area contributed by atoms with Crippen LogP contribution < -0.4 is 0 Å². The maximum atomic E-state index is 12.9. The number of carbonyl (C=O) groups is 1. The highest BCUT2D eigenvalue weighted by Crippen LogP contribution is 2.26. The number of aromatic nitrogens is 1. The summed E-state index contributed by atoms with van der Waals surface area (Å²) >= 11 is 0. The number of nitrogens with zero attached hydrogens (tertiary/aromatic N) is 2. The first kappa shape index (κ1) is 16.8. The minimum Gasteiger partial charge on any atom is -0.378 e. The summed E-state index contributed by atoms with van der Waals surface area (Å²) in [6, 6.07) is 15.1. The molecule has 0 aliphatic carbocycles. The Labute approximate surface area is 151 Å². The second kappa shape index (κ2) is 6.59. The number of hydrogen-bond donors (Lipinski definition) is 0. The molecule has 2 aromatic carbocycles. The molecule has 0 unspecified atom stereocenters. The quantitative estimate of drug-likeness (QED) is 0.710. The Kier molecular flexibility index (Phi) is 4.26. The van der Waals surface area contributed by atoms with Gasteiger partial charge in [-0.25, -0.2) is 12.4 Å². The van der Waals surface area contributed by atoms with Crippen molar-refractivity contribution in [3.63, 3.8) is 0 Å². The largest absolute Gasteiger partial charge is 0.378 e. The maximum Gasteiger partial charge on any atom is 0.268 e. The Morgan fingerprint density at radius 1 is 0.923 bits per heavy atom. The lowest BCUT2D eigenvalue weighted by molar-refractivity contribution is 0.0304. The molecule has 7 heteroatoms. The van der Waals surface area contributed by atoms with E-state index in [1.807, 2.05) is 0 Å². The third-order valence-corrected chi connectivity index (χ3v) is 6.23. The van der Waals surface area contributed by atoms with Crippen molar-refractivity contribution < 1.29 is 17.9 Å². The van der Waals surface area contributed by atoms with E-state index in [4.69, 9.17) is 4.74 Å². The Morgan fingerprint density at radius 2 is 1.65 bits per heavy atom. The highest BCUT2D eigenvalue weighted by atomic mass is 32.2. The number of amides is 1. The minimum absolute atomic E-state index is 0.103. The van der Waals surface area contributed by atoms with E-state index in [0.717, 1.165) is 0 Å². The molecular weight excluding hydrogens is 352 g/mol. The van der Waals surface area contributed by atoms with Gasteiger partial charge in [0.15, 0.2) is 0 Å². The van der Waals surface area contributed by atoms with Gasteiger partial charge < -0.3 is 9.64 Å². The van der Waals surface area contributed by atoms with Gasteiger partial charge in [-0.15, -0.1) is 0 Å². The Balaban J connectivity index is 1.80. The van der Waals surface area contributed by atoms with Crippen LogP contribution in [0.15, 0.2) is 65.7 Å². The van der Waals surface area contributed by atoms with Crippen LogP contribution in [0.5, 0.6) is 0 Å². The molecule has 4 rings (SSSR count). The Bertz CT molecular complexity index is 1050. The van der Waals surface area contributed by atoms with Crippen LogP contribution >= 0.6 is 0 Å². The Morgan fingerprint density at radius 3 is 2.38 bits per heavy atom. The molecule has 1 fully saturated rings. The van der Waals surface area contributed by atoms with E-state index >= 15 is 0 Å². The lowest BCUT2D eigenvalue weighted by atomic mass is 10.1. The van der Waals surface area contributed by atoms with Gasteiger partial charge >= 0.3 is 0 Å². The van der Waals surface area contributed by atoms with Crippen LogP contribution in [0.1, 0.15) is 10.4 Å². The lowest BCUT2D eigenvalue weighted by Gasteiger charge is -2.27.